The molecule has 2 aromatic carbocycles. The molecule has 0 aliphatic carbocycles. The molecule has 1 atom stereocenters. The van der Waals surface area contributed by atoms with Gasteiger partial charge in [0.2, 0.25) is 0 Å². The molecule has 1 unspecified atom stereocenters. The fourth-order valence-corrected chi connectivity index (χ4v) is 3.95. The van der Waals surface area contributed by atoms with E-state index >= 15 is 0 Å². The fraction of sp³-hybridized carbons (Fsp3) is 0.333. The van der Waals surface area contributed by atoms with Gasteiger partial charge in [-0.2, -0.15) is 0 Å². The van der Waals surface area contributed by atoms with Crippen molar-refractivity contribution < 1.29 is 0 Å². The summed E-state index contributed by atoms with van der Waals surface area (Å²) in [6, 6.07) is 15.6. The number of hydrogen-bond acceptors (Lipinski definition) is 2. The summed E-state index contributed by atoms with van der Waals surface area (Å²) in [5, 5.41) is 3.63. The molecule has 0 saturated carbocycles. The van der Waals surface area contributed by atoms with Crippen molar-refractivity contribution >= 4 is 21.6 Å². The number of halogens is 1. The van der Waals surface area contributed by atoms with Crippen molar-refractivity contribution in [1.29, 1.82) is 0 Å². The summed E-state index contributed by atoms with van der Waals surface area (Å²) < 4.78 is 1.16. The maximum absolute atomic E-state index is 3.63. The van der Waals surface area contributed by atoms with E-state index in [9.17, 15) is 0 Å². The van der Waals surface area contributed by atoms with Crippen LogP contribution in [0.3, 0.4) is 0 Å². The number of piperazine rings is 1. The van der Waals surface area contributed by atoms with E-state index in [1.54, 1.807) is 0 Å². The molecular weight excluding hydrogens is 324 g/mol. The van der Waals surface area contributed by atoms with E-state index in [-0.39, 0.29) is 0 Å². The summed E-state index contributed by atoms with van der Waals surface area (Å²) >= 11 is 3.59. The van der Waals surface area contributed by atoms with Crippen molar-refractivity contribution in [1.82, 2.24) is 5.32 Å². The topological polar surface area (TPSA) is 15.3 Å². The normalized spacial score (nSPS) is 18.8. The molecule has 0 bridgehead atoms. The van der Waals surface area contributed by atoms with Gasteiger partial charge in [0.15, 0.2) is 0 Å². The fourth-order valence-electron chi connectivity index (χ4n) is 3.26. The van der Waals surface area contributed by atoms with Crippen LogP contribution in [0.15, 0.2) is 46.9 Å². The number of nitrogens with zero attached hydrogens (tertiary/aromatic N) is 1. The van der Waals surface area contributed by atoms with Crippen LogP contribution in [0.25, 0.3) is 0 Å². The standard InChI is InChI=1S/C18H21BrN2/c1-13-10-16(19)11-14(2)18(13)21-9-8-20-17(12-21)15-6-4-3-5-7-15/h3-7,10-11,17,20H,8-9,12H2,1-2H3. The number of benzene rings is 2. The summed E-state index contributed by atoms with van der Waals surface area (Å²) in [6.45, 7) is 7.51. The second-order valence-corrected chi connectivity index (χ2v) is 6.67. The van der Waals surface area contributed by atoms with Gasteiger partial charge >= 0.3 is 0 Å². The van der Waals surface area contributed by atoms with Crippen LogP contribution in [0, 0.1) is 13.8 Å². The molecule has 3 heteroatoms. The largest absolute Gasteiger partial charge is 0.368 e. The predicted octanol–water partition coefficient (Wildman–Crippen LogP) is 4.22. The number of rotatable bonds is 2. The molecule has 2 aromatic rings. The lowest BCUT2D eigenvalue weighted by Gasteiger charge is -2.37. The molecule has 1 saturated heterocycles. The third kappa shape index (κ3) is 3.14. The van der Waals surface area contributed by atoms with Gasteiger partial charge in [0, 0.05) is 35.8 Å². The third-order valence-corrected chi connectivity index (χ3v) is 4.61. The predicted molar refractivity (Wildman–Crippen MR) is 93.0 cm³/mol. The highest BCUT2D eigenvalue weighted by atomic mass is 79.9. The van der Waals surface area contributed by atoms with Gasteiger partial charge < -0.3 is 10.2 Å². The van der Waals surface area contributed by atoms with E-state index in [0.29, 0.717) is 6.04 Å². The highest BCUT2D eigenvalue weighted by molar-refractivity contribution is 9.10. The van der Waals surface area contributed by atoms with Gasteiger partial charge in [-0.3, -0.25) is 0 Å². The van der Waals surface area contributed by atoms with Gasteiger partial charge in [-0.05, 0) is 42.7 Å². The Morgan fingerprint density at radius 2 is 1.76 bits per heavy atom. The van der Waals surface area contributed by atoms with Crippen molar-refractivity contribution in [2.45, 2.75) is 19.9 Å². The molecule has 110 valence electrons. The first kappa shape index (κ1) is 14.6. The minimum absolute atomic E-state index is 0.405. The molecular formula is C18H21BrN2. The first-order valence-electron chi connectivity index (χ1n) is 7.45. The Labute approximate surface area is 135 Å². The molecule has 0 aromatic heterocycles. The van der Waals surface area contributed by atoms with E-state index in [0.717, 1.165) is 24.1 Å². The third-order valence-electron chi connectivity index (χ3n) is 4.15. The van der Waals surface area contributed by atoms with E-state index < -0.39 is 0 Å². The van der Waals surface area contributed by atoms with Gasteiger partial charge in [0.1, 0.15) is 0 Å². The second-order valence-electron chi connectivity index (χ2n) is 5.75. The molecule has 1 N–H and O–H groups in total. The zero-order chi connectivity index (χ0) is 14.8. The van der Waals surface area contributed by atoms with Crippen LogP contribution < -0.4 is 10.2 Å². The van der Waals surface area contributed by atoms with Crippen molar-refractivity contribution in [3.63, 3.8) is 0 Å². The monoisotopic (exact) mass is 344 g/mol. The second kappa shape index (κ2) is 6.20. The Kier molecular flexibility index (Phi) is 4.32. The highest BCUT2D eigenvalue weighted by Gasteiger charge is 2.22. The molecule has 0 amide bonds. The minimum Gasteiger partial charge on any atom is -0.368 e. The number of anilines is 1. The average Bonchev–Trinajstić information content (AvgIpc) is 2.47. The van der Waals surface area contributed by atoms with Crippen molar-refractivity contribution in [2.75, 3.05) is 24.5 Å². The van der Waals surface area contributed by atoms with Crippen LogP contribution in [-0.2, 0) is 0 Å². The quantitative estimate of drug-likeness (QED) is 0.877. The summed E-state index contributed by atoms with van der Waals surface area (Å²) in [6.07, 6.45) is 0. The molecule has 1 heterocycles. The zero-order valence-electron chi connectivity index (χ0n) is 12.6. The number of aryl methyl sites for hydroxylation is 2. The Morgan fingerprint density at radius 1 is 1.10 bits per heavy atom. The maximum Gasteiger partial charge on any atom is 0.0498 e. The van der Waals surface area contributed by atoms with Crippen molar-refractivity contribution in [3.05, 3.63) is 63.6 Å². The van der Waals surface area contributed by atoms with Crippen molar-refractivity contribution in [2.24, 2.45) is 0 Å². The van der Waals surface area contributed by atoms with Gasteiger partial charge in [-0.1, -0.05) is 46.3 Å². The smallest absolute Gasteiger partial charge is 0.0498 e. The number of hydrogen-bond donors (Lipinski definition) is 1. The van der Waals surface area contributed by atoms with Gasteiger partial charge in [-0.15, -0.1) is 0 Å². The molecule has 1 aliphatic heterocycles. The first-order valence-corrected chi connectivity index (χ1v) is 8.24. The van der Waals surface area contributed by atoms with E-state index in [1.165, 1.54) is 22.4 Å². The van der Waals surface area contributed by atoms with Gasteiger partial charge in [0.25, 0.3) is 0 Å². The van der Waals surface area contributed by atoms with E-state index in [2.05, 4.69) is 82.5 Å². The lowest BCUT2D eigenvalue weighted by molar-refractivity contribution is 0.471. The molecule has 0 spiro atoms. The van der Waals surface area contributed by atoms with Gasteiger partial charge in [-0.25, -0.2) is 0 Å². The highest BCUT2D eigenvalue weighted by Crippen LogP contribution is 2.31. The Bertz CT molecular complexity index is 601. The zero-order valence-corrected chi connectivity index (χ0v) is 14.2. The van der Waals surface area contributed by atoms with Crippen LogP contribution in [0.4, 0.5) is 5.69 Å². The molecule has 3 rings (SSSR count). The van der Waals surface area contributed by atoms with Crippen LogP contribution in [0.5, 0.6) is 0 Å². The minimum atomic E-state index is 0.405. The van der Waals surface area contributed by atoms with Crippen LogP contribution in [-0.4, -0.2) is 19.6 Å². The Balaban J connectivity index is 1.87. The Morgan fingerprint density at radius 3 is 2.43 bits per heavy atom. The van der Waals surface area contributed by atoms with Crippen LogP contribution in [0.2, 0.25) is 0 Å². The summed E-state index contributed by atoms with van der Waals surface area (Å²) in [5.74, 6) is 0. The molecule has 2 nitrogen and oxygen atoms in total. The summed E-state index contributed by atoms with van der Waals surface area (Å²) in [4.78, 5) is 2.52. The Hall–Kier alpha value is -1.32. The van der Waals surface area contributed by atoms with E-state index in [4.69, 9.17) is 0 Å². The molecule has 0 radical (unpaired) electrons. The van der Waals surface area contributed by atoms with Crippen molar-refractivity contribution in [3.8, 4) is 0 Å². The van der Waals surface area contributed by atoms with E-state index in [1.807, 2.05) is 0 Å². The molecule has 1 fully saturated rings. The summed E-state index contributed by atoms with van der Waals surface area (Å²) in [5.41, 5.74) is 5.45. The van der Waals surface area contributed by atoms with Crippen LogP contribution >= 0.6 is 15.9 Å². The summed E-state index contributed by atoms with van der Waals surface area (Å²) in [7, 11) is 0. The lowest BCUT2D eigenvalue weighted by Crippen LogP contribution is -2.46. The SMILES string of the molecule is Cc1cc(Br)cc(C)c1N1CCNC(c2ccccc2)C1. The maximum atomic E-state index is 3.63. The lowest BCUT2D eigenvalue weighted by atomic mass is 10.0. The van der Waals surface area contributed by atoms with Crippen LogP contribution in [0.1, 0.15) is 22.7 Å². The average molecular weight is 345 g/mol. The number of nitrogens with one attached hydrogen (secondary N) is 1. The molecule has 21 heavy (non-hydrogen) atoms. The first-order chi connectivity index (χ1) is 10.1. The molecule has 1 aliphatic rings. The van der Waals surface area contributed by atoms with Gasteiger partial charge in [0.05, 0.1) is 0 Å².